The summed E-state index contributed by atoms with van der Waals surface area (Å²) in [4.78, 5) is 22.7. The van der Waals surface area contributed by atoms with Crippen LogP contribution in [0.15, 0.2) is 42.7 Å². The predicted molar refractivity (Wildman–Crippen MR) is 75.5 cm³/mol. The zero-order valence-corrected chi connectivity index (χ0v) is 11.9. The standard InChI is InChI=1S/C16H18O5/c1-12(17)21-15-8-9-19-14(11-15)7-10-20-16(18)13-5-3-2-4-6-13/h2-6,8-9,14-15H,7,10-11H2,1H3/t14-,15-/m1/s1. The minimum atomic E-state index is -0.349. The summed E-state index contributed by atoms with van der Waals surface area (Å²) in [6.45, 7) is 1.64. The maximum atomic E-state index is 11.7. The lowest BCUT2D eigenvalue weighted by Gasteiger charge is -2.25. The molecule has 0 aliphatic carbocycles. The van der Waals surface area contributed by atoms with Crippen molar-refractivity contribution in [1.82, 2.24) is 0 Å². The van der Waals surface area contributed by atoms with Crippen LogP contribution in [0.4, 0.5) is 0 Å². The van der Waals surface area contributed by atoms with Gasteiger partial charge in [-0.2, -0.15) is 0 Å². The van der Waals surface area contributed by atoms with Gasteiger partial charge < -0.3 is 14.2 Å². The van der Waals surface area contributed by atoms with Gasteiger partial charge in [0.15, 0.2) is 0 Å². The lowest BCUT2D eigenvalue weighted by molar-refractivity contribution is -0.146. The molecule has 1 aliphatic heterocycles. The molecule has 2 rings (SSSR count). The van der Waals surface area contributed by atoms with Crippen LogP contribution in [0.25, 0.3) is 0 Å². The highest BCUT2D eigenvalue weighted by molar-refractivity contribution is 5.89. The van der Waals surface area contributed by atoms with Crippen molar-refractivity contribution in [3.8, 4) is 0 Å². The monoisotopic (exact) mass is 290 g/mol. The van der Waals surface area contributed by atoms with Gasteiger partial charge in [0.2, 0.25) is 0 Å². The largest absolute Gasteiger partial charge is 0.498 e. The molecule has 112 valence electrons. The number of benzene rings is 1. The normalized spacial score (nSPS) is 20.4. The molecule has 0 aromatic heterocycles. The number of carbonyl (C=O) groups is 2. The lowest BCUT2D eigenvalue weighted by Crippen LogP contribution is -2.27. The van der Waals surface area contributed by atoms with E-state index in [1.165, 1.54) is 13.2 Å². The highest BCUT2D eigenvalue weighted by Crippen LogP contribution is 2.17. The summed E-state index contributed by atoms with van der Waals surface area (Å²) in [5.41, 5.74) is 0.528. The summed E-state index contributed by atoms with van der Waals surface area (Å²) in [6, 6.07) is 8.83. The molecule has 0 bridgehead atoms. The molecule has 1 aromatic rings. The first-order valence-corrected chi connectivity index (χ1v) is 6.86. The Morgan fingerprint density at radius 2 is 2.05 bits per heavy atom. The van der Waals surface area contributed by atoms with Crippen LogP contribution in [0.3, 0.4) is 0 Å². The molecule has 1 aliphatic rings. The molecule has 0 N–H and O–H groups in total. The van der Waals surface area contributed by atoms with Gasteiger partial charge in [-0.3, -0.25) is 4.79 Å². The summed E-state index contributed by atoms with van der Waals surface area (Å²) in [7, 11) is 0. The summed E-state index contributed by atoms with van der Waals surface area (Å²) in [5, 5.41) is 0. The van der Waals surface area contributed by atoms with Crippen LogP contribution >= 0.6 is 0 Å². The van der Waals surface area contributed by atoms with E-state index in [2.05, 4.69) is 0 Å². The molecular weight excluding hydrogens is 272 g/mol. The van der Waals surface area contributed by atoms with Gasteiger partial charge in [0, 0.05) is 19.8 Å². The number of ether oxygens (including phenoxy) is 3. The molecule has 0 saturated heterocycles. The van der Waals surface area contributed by atoms with E-state index in [1.54, 1.807) is 30.3 Å². The first kappa shape index (κ1) is 15.1. The Hall–Kier alpha value is -2.30. The third-order valence-electron chi connectivity index (χ3n) is 3.06. The summed E-state index contributed by atoms with van der Waals surface area (Å²) in [5.74, 6) is -0.667. The highest BCUT2D eigenvalue weighted by Gasteiger charge is 2.21. The van der Waals surface area contributed by atoms with Crippen LogP contribution in [0.2, 0.25) is 0 Å². The fourth-order valence-electron chi connectivity index (χ4n) is 2.06. The topological polar surface area (TPSA) is 61.8 Å². The van der Waals surface area contributed by atoms with E-state index in [0.717, 1.165) is 0 Å². The fraction of sp³-hybridized carbons (Fsp3) is 0.375. The van der Waals surface area contributed by atoms with E-state index in [4.69, 9.17) is 14.2 Å². The zero-order valence-electron chi connectivity index (χ0n) is 11.9. The SMILES string of the molecule is CC(=O)O[C@@H]1C=CO[C@H](CCOC(=O)c2ccccc2)C1. The Morgan fingerprint density at radius 3 is 2.76 bits per heavy atom. The quantitative estimate of drug-likeness (QED) is 0.780. The summed E-state index contributed by atoms with van der Waals surface area (Å²) in [6.07, 6.45) is 3.96. The Kier molecular flexibility index (Phi) is 5.37. The second kappa shape index (κ2) is 7.47. The van der Waals surface area contributed by atoms with Crippen LogP contribution in [-0.2, 0) is 19.0 Å². The van der Waals surface area contributed by atoms with Crippen LogP contribution in [0, 0.1) is 0 Å². The first-order valence-electron chi connectivity index (χ1n) is 6.86. The van der Waals surface area contributed by atoms with Gasteiger partial charge in [-0.05, 0) is 18.2 Å². The third-order valence-corrected chi connectivity index (χ3v) is 3.06. The lowest BCUT2D eigenvalue weighted by atomic mass is 10.1. The molecule has 0 saturated carbocycles. The Morgan fingerprint density at radius 1 is 1.29 bits per heavy atom. The van der Waals surface area contributed by atoms with Crippen LogP contribution in [0.1, 0.15) is 30.1 Å². The second-order valence-electron chi connectivity index (χ2n) is 4.76. The van der Waals surface area contributed by atoms with E-state index in [9.17, 15) is 9.59 Å². The minimum Gasteiger partial charge on any atom is -0.498 e. The Labute approximate surface area is 123 Å². The van der Waals surface area contributed by atoms with Crippen molar-refractivity contribution in [3.63, 3.8) is 0 Å². The number of esters is 2. The number of rotatable bonds is 5. The maximum absolute atomic E-state index is 11.7. The van der Waals surface area contributed by atoms with Crippen LogP contribution in [-0.4, -0.2) is 30.8 Å². The number of hydrogen-bond acceptors (Lipinski definition) is 5. The second-order valence-corrected chi connectivity index (χ2v) is 4.76. The number of hydrogen-bond donors (Lipinski definition) is 0. The Balaban J connectivity index is 1.73. The van der Waals surface area contributed by atoms with Crippen molar-refractivity contribution in [2.75, 3.05) is 6.61 Å². The van der Waals surface area contributed by atoms with Crippen LogP contribution in [0.5, 0.6) is 0 Å². The van der Waals surface area contributed by atoms with E-state index < -0.39 is 0 Å². The van der Waals surface area contributed by atoms with Crippen molar-refractivity contribution in [2.24, 2.45) is 0 Å². The molecule has 0 spiro atoms. The van der Waals surface area contributed by atoms with Gasteiger partial charge in [-0.1, -0.05) is 18.2 Å². The molecule has 0 radical (unpaired) electrons. The van der Waals surface area contributed by atoms with Gasteiger partial charge in [-0.15, -0.1) is 0 Å². The van der Waals surface area contributed by atoms with Crippen molar-refractivity contribution < 1.29 is 23.8 Å². The third kappa shape index (κ3) is 4.95. The first-order chi connectivity index (χ1) is 10.1. The molecule has 1 aromatic carbocycles. The van der Waals surface area contributed by atoms with Gasteiger partial charge in [0.1, 0.15) is 12.2 Å². The molecule has 21 heavy (non-hydrogen) atoms. The minimum absolute atomic E-state index is 0.122. The number of carbonyl (C=O) groups excluding carboxylic acids is 2. The predicted octanol–water partition coefficient (Wildman–Crippen LogP) is 2.47. The molecule has 2 atom stereocenters. The van der Waals surface area contributed by atoms with E-state index in [1.807, 2.05) is 6.07 Å². The fourth-order valence-corrected chi connectivity index (χ4v) is 2.06. The zero-order chi connectivity index (χ0) is 15.1. The molecule has 0 fully saturated rings. The van der Waals surface area contributed by atoms with Gasteiger partial charge in [-0.25, -0.2) is 4.79 Å². The van der Waals surface area contributed by atoms with Crippen molar-refractivity contribution in [2.45, 2.75) is 32.0 Å². The average Bonchev–Trinajstić information content (AvgIpc) is 2.48. The van der Waals surface area contributed by atoms with E-state index in [0.29, 0.717) is 18.4 Å². The molecule has 5 nitrogen and oxygen atoms in total. The summed E-state index contributed by atoms with van der Waals surface area (Å²) < 4.78 is 15.7. The molecule has 5 heteroatoms. The molecule has 0 unspecified atom stereocenters. The maximum Gasteiger partial charge on any atom is 0.338 e. The molecular formula is C16H18O5. The highest BCUT2D eigenvalue weighted by atomic mass is 16.6. The van der Waals surface area contributed by atoms with Gasteiger partial charge >= 0.3 is 11.9 Å². The van der Waals surface area contributed by atoms with Gasteiger partial charge in [0.05, 0.1) is 18.4 Å². The van der Waals surface area contributed by atoms with Crippen molar-refractivity contribution >= 4 is 11.9 Å². The molecule has 0 amide bonds. The summed E-state index contributed by atoms with van der Waals surface area (Å²) >= 11 is 0. The van der Waals surface area contributed by atoms with E-state index in [-0.39, 0.29) is 30.8 Å². The van der Waals surface area contributed by atoms with Crippen LogP contribution < -0.4 is 0 Å². The smallest absolute Gasteiger partial charge is 0.338 e. The van der Waals surface area contributed by atoms with Crippen molar-refractivity contribution in [3.05, 3.63) is 48.2 Å². The Bertz CT molecular complexity index is 509. The van der Waals surface area contributed by atoms with Gasteiger partial charge in [0.25, 0.3) is 0 Å². The van der Waals surface area contributed by atoms with E-state index >= 15 is 0 Å². The molecule has 1 heterocycles. The average molecular weight is 290 g/mol. The van der Waals surface area contributed by atoms with Crippen molar-refractivity contribution in [1.29, 1.82) is 0 Å².